The van der Waals surface area contributed by atoms with Crippen molar-refractivity contribution in [3.63, 3.8) is 0 Å². The first-order chi connectivity index (χ1) is 8.72. The summed E-state index contributed by atoms with van der Waals surface area (Å²) in [6, 6.07) is 1.83. The fourth-order valence-electron chi connectivity index (χ4n) is 2.51. The summed E-state index contributed by atoms with van der Waals surface area (Å²) in [6.45, 7) is 2.22. The zero-order valence-electron chi connectivity index (χ0n) is 10.7. The van der Waals surface area contributed by atoms with Gasteiger partial charge in [-0.2, -0.15) is 0 Å². The third-order valence-corrected chi connectivity index (χ3v) is 3.54. The van der Waals surface area contributed by atoms with Crippen molar-refractivity contribution < 1.29 is 9.13 Å². The highest BCUT2D eigenvalue weighted by molar-refractivity contribution is 5.10. The summed E-state index contributed by atoms with van der Waals surface area (Å²) < 4.78 is 18.5. The number of rotatable bonds is 4. The molecule has 4 nitrogen and oxygen atoms in total. The summed E-state index contributed by atoms with van der Waals surface area (Å²) in [4.78, 5) is 6.16. The minimum Gasteiger partial charge on any atom is -0.381 e. The molecule has 2 heterocycles. The van der Waals surface area contributed by atoms with Crippen molar-refractivity contribution in [2.45, 2.75) is 31.5 Å². The van der Waals surface area contributed by atoms with E-state index in [4.69, 9.17) is 10.5 Å². The molecule has 18 heavy (non-hydrogen) atoms. The summed E-state index contributed by atoms with van der Waals surface area (Å²) >= 11 is 0. The summed E-state index contributed by atoms with van der Waals surface area (Å²) in [6.07, 6.45) is 5.16. The van der Waals surface area contributed by atoms with Gasteiger partial charge in [-0.15, -0.1) is 0 Å². The number of piperidine rings is 1. The lowest BCUT2D eigenvalue weighted by Gasteiger charge is -2.38. The first-order valence-corrected chi connectivity index (χ1v) is 6.29. The van der Waals surface area contributed by atoms with Gasteiger partial charge in [-0.3, -0.25) is 9.88 Å². The molecule has 0 amide bonds. The van der Waals surface area contributed by atoms with E-state index >= 15 is 0 Å². The van der Waals surface area contributed by atoms with Crippen LogP contribution in [0, 0.1) is 5.82 Å². The van der Waals surface area contributed by atoms with Gasteiger partial charge < -0.3 is 10.5 Å². The average molecular weight is 253 g/mol. The van der Waals surface area contributed by atoms with Crippen molar-refractivity contribution >= 4 is 0 Å². The highest BCUT2D eigenvalue weighted by Gasteiger charge is 2.27. The Balaban J connectivity index is 2.00. The molecule has 1 aromatic rings. The van der Waals surface area contributed by atoms with Gasteiger partial charge in [-0.1, -0.05) is 0 Å². The molecule has 2 unspecified atom stereocenters. The molecule has 0 radical (unpaired) electrons. The number of ether oxygens (including phenoxy) is 1. The predicted octanol–water partition coefficient (Wildman–Crippen LogP) is 1.16. The fraction of sp³-hybridized carbons (Fsp3) is 0.615. The minimum absolute atomic E-state index is 0.288. The van der Waals surface area contributed by atoms with E-state index in [1.165, 1.54) is 12.3 Å². The van der Waals surface area contributed by atoms with Gasteiger partial charge in [-0.05, 0) is 24.5 Å². The van der Waals surface area contributed by atoms with Gasteiger partial charge >= 0.3 is 0 Å². The number of hydrogen-bond acceptors (Lipinski definition) is 4. The molecule has 1 fully saturated rings. The lowest BCUT2D eigenvalue weighted by Crippen LogP contribution is -2.47. The van der Waals surface area contributed by atoms with Crippen LogP contribution in [0.1, 0.15) is 18.4 Å². The maximum atomic E-state index is 13.1. The van der Waals surface area contributed by atoms with E-state index in [0.717, 1.165) is 24.9 Å². The first kappa shape index (κ1) is 13.4. The number of nitrogens with two attached hydrogens (primary N) is 1. The van der Waals surface area contributed by atoms with Crippen LogP contribution in [-0.4, -0.2) is 42.2 Å². The summed E-state index contributed by atoms with van der Waals surface area (Å²) in [5, 5.41) is 0. The molecule has 1 aliphatic rings. The Hall–Kier alpha value is -1.04. The van der Waals surface area contributed by atoms with E-state index in [1.807, 2.05) is 0 Å². The molecule has 1 aromatic heterocycles. The van der Waals surface area contributed by atoms with Gasteiger partial charge in [0.2, 0.25) is 0 Å². The van der Waals surface area contributed by atoms with Gasteiger partial charge in [-0.25, -0.2) is 4.39 Å². The SMILES string of the molecule is COC1CCN(Cc2cncc(F)c2)C(CN)C1. The topological polar surface area (TPSA) is 51.4 Å². The smallest absolute Gasteiger partial charge is 0.141 e. The Bertz CT molecular complexity index is 388. The van der Waals surface area contributed by atoms with Crippen molar-refractivity contribution in [3.8, 4) is 0 Å². The van der Waals surface area contributed by atoms with Crippen molar-refractivity contribution in [1.82, 2.24) is 9.88 Å². The summed E-state index contributed by atoms with van der Waals surface area (Å²) in [5.74, 6) is -0.288. The predicted molar refractivity (Wildman–Crippen MR) is 67.5 cm³/mol. The van der Waals surface area contributed by atoms with E-state index in [1.54, 1.807) is 13.3 Å². The summed E-state index contributed by atoms with van der Waals surface area (Å²) in [7, 11) is 1.74. The molecule has 1 saturated heterocycles. The molecule has 5 heteroatoms. The third kappa shape index (κ3) is 3.25. The van der Waals surface area contributed by atoms with Crippen molar-refractivity contribution in [2.24, 2.45) is 5.73 Å². The number of nitrogens with zero attached hydrogens (tertiary/aromatic N) is 2. The number of likely N-dealkylation sites (tertiary alicyclic amines) is 1. The molecule has 0 aliphatic carbocycles. The molecule has 0 spiro atoms. The normalized spacial score (nSPS) is 25.3. The number of methoxy groups -OCH3 is 1. The lowest BCUT2D eigenvalue weighted by atomic mass is 9.98. The molecule has 100 valence electrons. The van der Waals surface area contributed by atoms with Crippen molar-refractivity contribution in [1.29, 1.82) is 0 Å². The molecular weight excluding hydrogens is 233 g/mol. The van der Waals surface area contributed by atoms with E-state index in [9.17, 15) is 4.39 Å². The Morgan fingerprint density at radius 2 is 2.39 bits per heavy atom. The van der Waals surface area contributed by atoms with Crippen molar-refractivity contribution in [3.05, 3.63) is 29.8 Å². The van der Waals surface area contributed by atoms with Crippen LogP contribution >= 0.6 is 0 Å². The van der Waals surface area contributed by atoms with Crippen LogP contribution in [-0.2, 0) is 11.3 Å². The fourth-order valence-corrected chi connectivity index (χ4v) is 2.51. The second-order valence-electron chi connectivity index (χ2n) is 4.75. The van der Waals surface area contributed by atoms with E-state index in [0.29, 0.717) is 25.2 Å². The molecule has 0 aromatic carbocycles. The lowest BCUT2D eigenvalue weighted by molar-refractivity contribution is 0.0101. The maximum absolute atomic E-state index is 13.1. The molecular formula is C13H20FN3O. The van der Waals surface area contributed by atoms with E-state index < -0.39 is 0 Å². The maximum Gasteiger partial charge on any atom is 0.141 e. The molecule has 2 rings (SSSR count). The second kappa shape index (κ2) is 6.22. The molecule has 2 atom stereocenters. The number of aromatic nitrogens is 1. The van der Waals surface area contributed by atoms with Crippen LogP contribution in [0.15, 0.2) is 18.5 Å². The van der Waals surface area contributed by atoms with Crippen LogP contribution in [0.25, 0.3) is 0 Å². The largest absolute Gasteiger partial charge is 0.381 e. The van der Waals surface area contributed by atoms with E-state index in [2.05, 4.69) is 9.88 Å². The van der Waals surface area contributed by atoms with Crippen LogP contribution in [0.5, 0.6) is 0 Å². The van der Waals surface area contributed by atoms with E-state index in [-0.39, 0.29) is 5.82 Å². The first-order valence-electron chi connectivity index (χ1n) is 6.29. The van der Waals surface area contributed by atoms with Gasteiger partial charge in [0.1, 0.15) is 5.82 Å². The number of pyridine rings is 1. The second-order valence-corrected chi connectivity index (χ2v) is 4.75. The Kier molecular flexibility index (Phi) is 4.63. The summed E-state index contributed by atoms with van der Waals surface area (Å²) in [5.41, 5.74) is 6.70. The van der Waals surface area contributed by atoms with Gasteiger partial charge in [0, 0.05) is 39.0 Å². The van der Waals surface area contributed by atoms with Crippen LogP contribution in [0.2, 0.25) is 0 Å². The number of halogens is 1. The number of hydrogen-bond donors (Lipinski definition) is 1. The quantitative estimate of drug-likeness (QED) is 0.875. The van der Waals surface area contributed by atoms with Gasteiger partial charge in [0.05, 0.1) is 12.3 Å². The third-order valence-electron chi connectivity index (χ3n) is 3.54. The Morgan fingerprint density at radius 1 is 1.56 bits per heavy atom. The zero-order valence-corrected chi connectivity index (χ0v) is 10.7. The standard InChI is InChI=1S/C13H20FN3O/c1-18-13-2-3-17(12(5-13)6-15)9-10-4-11(14)8-16-7-10/h4,7-8,12-13H,2-3,5-6,9,15H2,1H3. The zero-order chi connectivity index (χ0) is 13.0. The monoisotopic (exact) mass is 253 g/mol. The van der Waals surface area contributed by atoms with Gasteiger partial charge in [0.15, 0.2) is 0 Å². The van der Waals surface area contributed by atoms with Crippen LogP contribution < -0.4 is 5.73 Å². The average Bonchev–Trinajstić information content (AvgIpc) is 2.39. The van der Waals surface area contributed by atoms with Gasteiger partial charge in [0.25, 0.3) is 0 Å². The van der Waals surface area contributed by atoms with Crippen molar-refractivity contribution in [2.75, 3.05) is 20.2 Å². The molecule has 0 bridgehead atoms. The Labute approximate surface area is 107 Å². The minimum atomic E-state index is -0.288. The highest BCUT2D eigenvalue weighted by Crippen LogP contribution is 2.21. The van der Waals surface area contributed by atoms with Crippen LogP contribution in [0.4, 0.5) is 4.39 Å². The Morgan fingerprint density at radius 3 is 3.06 bits per heavy atom. The molecule has 0 saturated carbocycles. The molecule has 1 aliphatic heterocycles. The highest BCUT2D eigenvalue weighted by atomic mass is 19.1. The molecule has 2 N–H and O–H groups in total. The van der Waals surface area contributed by atoms with Crippen LogP contribution in [0.3, 0.4) is 0 Å².